The second kappa shape index (κ2) is 3.74. The van der Waals surface area contributed by atoms with Crippen LogP contribution in [0, 0.1) is 0 Å². The maximum absolute atomic E-state index is 11.0. The summed E-state index contributed by atoms with van der Waals surface area (Å²) in [4.78, 5) is 11.8. The highest BCUT2D eigenvalue weighted by atomic mass is 32.1. The first-order valence-corrected chi connectivity index (χ1v) is 5.16. The van der Waals surface area contributed by atoms with E-state index in [1.54, 1.807) is 0 Å². The van der Waals surface area contributed by atoms with Crippen LogP contribution in [0.4, 0.5) is 0 Å². The first-order chi connectivity index (χ1) is 7.18. The molecule has 2 N–H and O–H groups in total. The van der Waals surface area contributed by atoms with E-state index in [2.05, 4.69) is 0 Å². The van der Waals surface area contributed by atoms with E-state index >= 15 is 0 Å². The van der Waals surface area contributed by atoms with Crippen molar-refractivity contribution in [2.75, 3.05) is 0 Å². The Balaban J connectivity index is 2.63. The summed E-state index contributed by atoms with van der Waals surface area (Å²) >= 11 is 1.44. The molecule has 0 amide bonds. The van der Waals surface area contributed by atoms with E-state index in [9.17, 15) is 9.90 Å². The molecule has 0 aliphatic carbocycles. The molecule has 0 spiro atoms. The van der Waals surface area contributed by atoms with Crippen LogP contribution in [0.15, 0.2) is 35.7 Å². The van der Waals surface area contributed by atoms with Gasteiger partial charge in [-0.1, -0.05) is 6.07 Å². The lowest BCUT2D eigenvalue weighted by atomic mass is 10.1. The highest BCUT2D eigenvalue weighted by Gasteiger charge is 2.12. The molecule has 0 fully saturated rings. The van der Waals surface area contributed by atoms with Crippen molar-refractivity contribution in [3.63, 3.8) is 0 Å². The Labute approximate surface area is 90.2 Å². The summed E-state index contributed by atoms with van der Waals surface area (Å²) in [6, 6.07) is 7.92. The minimum absolute atomic E-state index is 0.0726. The monoisotopic (exact) mass is 220 g/mol. The van der Waals surface area contributed by atoms with E-state index in [0.717, 1.165) is 4.88 Å². The number of hydrogen-bond donors (Lipinski definition) is 2. The number of phenols is 1. The second-order valence-electron chi connectivity index (χ2n) is 3.01. The van der Waals surface area contributed by atoms with Crippen LogP contribution in [0.3, 0.4) is 0 Å². The lowest BCUT2D eigenvalue weighted by Crippen LogP contribution is -1.98. The van der Waals surface area contributed by atoms with Gasteiger partial charge in [-0.2, -0.15) is 0 Å². The summed E-state index contributed by atoms with van der Waals surface area (Å²) in [6.07, 6.45) is 0. The van der Waals surface area contributed by atoms with Crippen molar-refractivity contribution in [3.8, 4) is 16.2 Å². The fourth-order valence-electron chi connectivity index (χ4n) is 1.35. The normalized spacial score (nSPS) is 10.1. The summed E-state index contributed by atoms with van der Waals surface area (Å²) < 4.78 is 0. The van der Waals surface area contributed by atoms with Crippen LogP contribution in [0.25, 0.3) is 10.4 Å². The Morgan fingerprint density at radius 3 is 2.67 bits per heavy atom. The smallest absolute Gasteiger partial charge is 0.336 e. The first-order valence-electron chi connectivity index (χ1n) is 4.28. The maximum atomic E-state index is 11.0. The largest absolute Gasteiger partial charge is 0.508 e. The fourth-order valence-corrected chi connectivity index (χ4v) is 2.11. The molecule has 4 heteroatoms. The van der Waals surface area contributed by atoms with Gasteiger partial charge >= 0.3 is 5.97 Å². The molecule has 2 rings (SSSR count). The molecule has 0 aliphatic heterocycles. The number of carboxylic acid groups (broad SMARTS) is 1. The van der Waals surface area contributed by atoms with Crippen molar-refractivity contribution >= 4 is 17.3 Å². The van der Waals surface area contributed by atoms with Crippen molar-refractivity contribution in [3.05, 3.63) is 41.3 Å². The number of hydrogen-bond acceptors (Lipinski definition) is 3. The molecule has 0 aliphatic rings. The number of aromatic carboxylic acids is 1. The third-order valence-electron chi connectivity index (χ3n) is 2.02. The predicted molar refractivity (Wildman–Crippen MR) is 58.4 cm³/mol. The van der Waals surface area contributed by atoms with Gasteiger partial charge in [-0.05, 0) is 29.6 Å². The molecular weight excluding hydrogens is 212 g/mol. The molecule has 1 aromatic carbocycles. The van der Waals surface area contributed by atoms with Crippen molar-refractivity contribution in [1.29, 1.82) is 0 Å². The van der Waals surface area contributed by atoms with E-state index in [-0.39, 0.29) is 11.3 Å². The van der Waals surface area contributed by atoms with Crippen molar-refractivity contribution < 1.29 is 15.0 Å². The average Bonchev–Trinajstić information content (AvgIpc) is 2.69. The van der Waals surface area contributed by atoms with Gasteiger partial charge in [-0.3, -0.25) is 0 Å². The molecule has 2 aromatic rings. The van der Waals surface area contributed by atoms with Gasteiger partial charge in [0.25, 0.3) is 0 Å². The van der Waals surface area contributed by atoms with Gasteiger partial charge in [0.1, 0.15) is 5.75 Å². The van der Waals surface area contributed by atoms with E-state index in [4.69, 9.17) is 5.11 Å². The molecule has 0 atom stereocenters. The Morgan fingerprint density at radius 2 is 2.07 bits per heavy atom. The highest BCUT2D eigenvalue weighted by Crippen LogP contribution is 2.30. The van der Waals surface area contributed by atoms with E-state index in [0.29, 0.717) is 5.56 Å². The topological polar surface area (TPSA) is 57.5 Å². The summed E-state index contributed by atoms with van der Waals surface area (Å²) in [5.41, 5.74) is 0.757. The molecule has 0 unspecified atom stereocenters. The van der Waals surface area contributed by atoms with Gasteiger partial charge in [0, 0.05) is 10.4 Å². The number of thiophene rings is 1. The Hall–Kier alpha value is -1.81. The number of rotatable bonds is 2. The molecule has 15 heavy (non-hydrogen) atoms. The van der Waals surface area contributed by atoms with Crippen LogP contribution < -0.4 is 0 Å². The fraction of sp³-hybridized carbons (Fsp3) is 0. The van der Waals surface area contributed by atoms with Gasteiger partial charge in [0.05, 0.1) is 5.56 Å². The number of benzene rings is 1. The molecule has 1 aromatic heterocycles. The lowest BCUT2D eigenvalue weighted by Gasteiger charge is -2.03. The number of carboxylic acids is 1. The van der Waals surface area contributed by atoms with E-state index in [1.165, 1.54) is 29.5 Å². The van der Waals surface area contributed by atoms with Crippen LogP contribution in [0.1, 0.15) is 10.4 Å². The molecule has 0 saturated carbocycles. The third kappa shape index (κ3) is 1.85. The van der Waals surface area contributed by atoms with Gasteiger partial charge < -0.3 is 10.2 Å². The zero-order valence-corrected chi connectivity index (χ0v) is 8.49. The van der Waals surface area contributed by atoms with Gasteiger partial charge in [-0.25, -0.2) is 4.79 Å². The SMILES string of the molecule is O=C(O)c1ccc(O)cc1-c1cccs1. The average molecular weight is 220 g/mol. The summed E-state index contributed by atoms with van der Waals surface area (Å²) in [5, 5.41) is 20.2. The first kappa shape index (κ1) is 9.73. The quantitative estimate of drug-likeness (QED) is 0.818. The Morgan fingerprint density at radius 1 is 1.27 bits per heavy atom. The van der Waals surface area contributed by atoms with Gasteiger partial charge in [0.2, 0.25) is 0 Å². The zero-order valence-electron chi connectivity index (χ0n) is 7.68. The van der Waals surface area contributed by atoms with Crippen LogP contribution in [0.5, 0.6) is 5.75 Å². The van der Waals surface area contributed by atoms with Gasteiger partial charge in [0.15, 0.2) is 0 Å². The molecule has 0 radical (unpaired) electrons. The Kier molecular flexibility index (Phi) is 2.43. The number of carbonyl (C=O) groups is 1. The van der Waals surface area contributed by atoms with E-state index < -0.39 is 5.97 Å². The minimum Gasteiger partial charge on any atom is -0.508 e. The van der Waals surface area contributed by atoms with Crippen molar-refractivity contribution in [1.82, 2.24) is 0 Å². The second-order valence-corrected chi connectivity index (χ2v) is 3.96. The third-order valence-corrected chi connectivity index (χ3v) is 2.92. The molecule has 1 heterocycles. The predicted octanol–water partition coefficient (Wildman–Crippen LogP) is 2.82. The molecule has 0 saturated heterocycles. The van der Waals surface area contributed by atoms with Crippen LogP contribution >= 0.6 is 11.3 Å². The summed E-state index contributed by atoms with van der Waals surface area (Å²) in [6.45, 7) is 0. The highest BCUT2D eigenvalue weighted by molar-refractivity contribution is 7.13. The van der Waals surface area contributed by atoms with Crippen LogP contribution in [-0.4, -0.2) is 16.2 Å². The number of aromatic hydroxyl groups is 1. The molecule has 3 nitrogen and oxygen atoms in total. The zero-order chi connectivity index (χ0) is 10.8. The van der Waals surface area contributed by atoms with Crippen molar-refractivity contribution in [2.24, 2.45) is 0 Å². The van der Waals surface area contributed by atoms with Gasteiger partial charge in [-0.15, -0.1) is 11.3 Å². The van der Waals surface area contributed by atoms with Crippen molar-refractivity contribution in [2.45, 2.75) is 0 Å². The number of phenolic OH excluding ortho intramolecular Hbond substituents is 1. The van der Waals surface area contributed by atoms with E-state index in [1.807, 2.05) is 17.5 Å². The maximum Gasteiger partial charge on any atom is 0.336 e. The minimum atomic E-state index is -0.988. The standard InChI is InChI=1S/C11H8O3S/c12-7-3-4-8(11(13)14)9(6-7)10-2-1-5-15-10/h1-6,12H,(H,13,14). The summed E-state index contributed by atoms with van der Waals surface area (Å²) in [7, 11) is 0. The van der Waals surface area contributed by atoms with Crippen LogP contribution in [-0.2, 0) is 0 Å². The lowest BCUT2D eigenvalue weighted by molar-refractivity contribution is 0.0698. The summed E-state index contributed by atoms with van der Waals surface area (Å²) in [5.74, 6) is -0.915. The Bertz CT molecular complexity index is 489. The molecule has 76 valence electrons. The molecular formula is C11H8O3S. The molecule has 0 bridgehead atoms. The van der Waals surface area contributed by atoms with Crippen LogP contribution in [0.2, 0.25) is 0 Å².